The van der Waals surface area contributed by atoms with Crippen molar-refractivity contribution in [1.82, 2.24) is 19.5 Å². The number of rotatable bonds is 4. The van der Waals surface area contributed by atoms with Gasteiger partial charge in [0.05, 0.1) is 30.3 Å². The number of ether oxygens (including phenoxy) is 1. The van der Waals surface area contributed by atoms with E-state index in [4.69, 9.17) is 27.8 Å². The van der Waals surface area contributed by atoms with Crippen LogP contribution in [0.25, 0.3) is 11.0 Å². The number of anilines is 1. The standard InChI is InChI=1S/C19H21ClN6O/c1-11-8-23-14(12(2)16(11)27-3)10-26-9-13(6-4-5-7-21)15-17(20)24-19(22)25-18(15)26/h8-9H,5,7,10,21H2,1-3H3,(H2,22,24,25). The molecule has 0 bridgehead atoms. The van der Waals surface area contributed by atoms with Gasteiger partial charge in [0, 0.05) is 36.5 Å². The summed E-state index contributed by atoms with van der Waals surface area (Å²) in [7, 11) is 1.66. The Morgan fingerprint density at radius 1 is 1.30 bits per heavy atom. The number of hydrogen-bond acceptors (Lipinski definition) is 6. The number of pyridine rings is 1. The van der Waals surface area contributed by atoms with Gasteiger partial charge in [0.1, 0.15) is 16.5 Å². The minimum absolute atomic E-state index is 0.111. The second kappa shape index (κ2) is 7.82. The molecule has 0 aromatic carbocycles. The van der Waals surface area contributed by atoms with Crippen LogP contribution in [0.5, 0.6) is 5.75 Å². The molecule has 4 N–H and O–H groups in total. The highest BCUT2D eigenvalue weighted by atomic mass is 35.5. The van der Waals surface area contributed by atoms with Crippen LogP contribution in [0.1, 0.15) is 28.8 Å². The largest absolute Gasteiger partial charge is 0.496 e. The van der Waals surface area contributed by atoms with Crippen molar-refractivity contribution in [3.63, 3.8) is 0 Å². The SMILES string of the molecule is COc1c(C)cnc(Cn2cc(C#CCCN)c3c(Cl)nc(N)nc32)c1C. The molecule has 3 rings (SSSR count). The summed E-state index contributed by atoms with van der Waals surface area (Å²) in [5.41, 5.74) is 15.5. The molecule has 140 valence electrons. The number of nitrogen functional groups attached to an aromatic ring is 1. The molecule has 0 aliphatic rings. The predicted octanol–water partition coefficient (Wildman–Crippen LogP) is 2.44. The van der Waals surface area contributed by atoms with Gasteiger partial charge in [-0.1, -0.05) is 23.4 Å². The van der Waals surface area contributed by atoms with E-state index >= 15 is 0 Å². The van der Waals surface area contributed by atoms with E-state index in [1.807, 2.05) is 24.6 Å². The first-order chi connectivity index (χ1) is 13.0. The van der Waals surface area contributed by atoms with E-state index < -0.39 is 0 Å². The van der Waals surface area contributed by atoms with Crippen molar-refractivity contribution in [1.29, 1.82) is 0 Å². The molecule has 0 saturated carbocycles. The Morgan fingerprint density at radius 3 is 2.78 bits per heavy atom. The van der Waals surface area contributed by atoms with E-state index in [1.54, 1.807) is 13.3 Å². The number of aromatic nitrogens is 4. The second-order valence-electron chi connectivity index (χ2n) is 6.13. The van der Waals surface area contributed by atoms with Crippen LogP contribution in [0, 0.1) is 25.7 Å². The Hall–Kier alpha value is -2.82. The van der Waals surface area contributed by atoms with Crippen LogP contribution in [-0.2, 0) is 6.54 Å². The Morgan fingerprint density at radius 2 is 2.07 bits per heavy atom. The molecule has 0 amide bonds. The molecule has 7 nitrogen and oxygen atoms in total. The highest BCUT2D eigenvalue weighted by Crippen LogP contribution is 2.29. The van der Waals surface area contributed by atoms with Crippen LogP contribution < -0.4 is 16.2 Å². The maximum atomic E-state index is 6.32. The summed E-state index contributed by atoms with van der Waals surface area (Å²) < 4.78 is 7.43. The van der Waals surface area contributed by atoms with Crippen LogP contribution in [0.4, 0.5) is 5.95 Å². The minimum atomic E-state index is 0.111. The summed E-state index contributed by atoms with van der Waals surface area (Å²) in [6.07, 6.45) is 4.28. The number of nitrogens with two attached hydrogens (primary N) is 2. The zero-order valence-electron chi connectivity index (χ0n) is 15.5. The van der Waals surface area contributed by atoms with E-state index in [0.29, 0.717) is 30.5 Å². The lowest BCUT2D eigenvalue weighted by Gasteiger charge is -2.13. The van der Waals surface area contributed by atoms with Gasteiger partial charge in [0.2, 0.25) is 5.95 Å². The molecule has 0 saturated heterocycles. The van der Waals surface area contributed by atoms with Crippen molar-refractivity contribution in [2.75, 3.05) is 19.4 Å². The van der Waals surface area contributed by atoms with Gasteiger partial charge in [-0.05, 0) is 13.8 Å². The highest BCUT2D eigenvalue weighted by molar-refractivity contribution is 6.34. The molecule has 0 aliphatic heterocycles. The lowest BCUT2D eigenvalue weighted by Crippen LogP contribution is -2.07. The zero-order chi connectivity index (χ0) is 19.6. The fourth-order valence-electron chi connectivity index (χ4n) is 3.00. The van der Waals surface area contributed by atoms with Gasteiger partial charge < -0.3 is 20.8 Å². The Balaban J connectivity index is 2.14. The molecule has 3 aromatic heterocycles. The molecule has 3 aromatic rings. The van der Waals surface area contributed by atoms with Gasteiger partial charge in [0.25, 0.3) is 0 Å². The number of nitrogens with zero attached hydrogens (tertiary/aromatic N) is 4. The molecular formula is C19H21ClN6O. The summed E-state index contributed by atoms with van der Waals surface area (Å²) in [6, 6.07) is 0. The van der Waals surface area contributed by atoms with E-state index in [2.05, 4.69) is 26.8 Å². The van der Waals surface area contributed by atoms with Gasteiger partial charge in [-0.3, -0.25) is 4.98 Å². The van der Waals surface area contributed by atoms with E-state index in [9.17, 15) is 0 Å². The first-order valence-electron chi connectivity index (χ1n) is 8.46. The summed E-state index contributed by atoms with van der Waals surface area (Å²) >= 11 is 6.32. The first kappa shape index (κ1) is 19.0. The minimum Gasteiger partial charge on any atom is -0.496 e. The number of hydrogen-bond donors (Lipinski definition) is 2. The third-order valence-corrected chi connectivity index (χ3v) is 4.53. The van der Waals surface area contributed by atoms with Gasteiger partial charge >= 0.3 is 0 Å². The lowest BCUT2D eigenvalue weighted by atomic mass is 10.1. The predicted molar refractivity (Wildman–Crippen MR) is 107 cm³/mol. The van der Waals surface area contributed by atoms with E-state index in [1.165, 1.54) is 0 Å². The quantitative estimate of drug-likeness (QED) is 0.528. The second-order valence-corrected chi connectivity index (χ2v) is 6.49. The summed E-state index contributed by atoms with van der Waals surface area (Å²) in [5, 5.41) is 0.951. The van der Waals surface area contributed by atoms with Crippen molar-refractivity contribution >= 4 is 28.6 Å². The van der Waals surface area contributed by atoms with Crippen molar-refractivity contribution in [2.45, 2.75) is 26.8 Å². The molecule has 0 spiro atoms. The van der Waals surface area contributed by atoms with Crippen LogP contribution in [0.15, 0.2) is 12.4 Å². The fraction of sp³-hybridized carbons (Fsp3) is 0.316. The van der Waals surface area contributed by atoms with Crippen LogP contribution in [-0.4, -0.2) is 33.2 Å². The third kappa shape index (κ3) is 3.68. The number of methoxy groups -OCH3 is 1. The number of aryl methyl sites for hydroxylation is 1. The molecule has 8 heteroatoms. The summed E-state index contributed by atoms with van der Waals surface area (Å²) in [6.45, 7) is 4.92. The number of halogens is 1. The maximum absolute atomic E-state index is 6.32. The van der Waals surface area contributed by atoms with Crippen LogP contribution >= 0.6 is 11.6 Å². The highest BCUT2D eigenvalue weighted by Gasteiger charge is 2.17. The van der Waals surface area contributed by atoms with Crippen molar-refractivity contribution < 1.29 is 4.74 Å². The van der Waals surface area contributed by atoms with Crippen LogP contribution in [0.3, 0.4) is 0 Å². The molecule has 27 heavy (non-hydrogen) atoms. The Bertz CT molecular complexity index is 1060. The molecule has 0 atom stereocenters. The van der Waals surface area contributed by atoms with Gasteiger partial charge in [-0.25, -0.2) is 4.98 Å². The smallest absolute Gasteiger partial charge is 0.223 e. The molecular weight excluding hydrogens is 364 g/mol. The Kier molecular flexibility index (Phi) is 5.49. The average Bonchev–Trinajstić information content (AvgIpc) is 2.96. The lowest BCUT2D eigenvalue weighted by molar-refractivity contribution is 0.406. The molecule has 0 unspecified atom stereocenters. The molecule has 0 radical (unpaired) electrons. The zero-order valence-corrected chi connectivity index (χ0v) is 16.3. The molecule has 3 heterocycles. The fourth-order valence-corrected chi connectivity index (χ4v) is 3.27. The van der Waals surface area contributed by atoms with Crippen molar-refractivity contribution in [2.24, 2.45) is 5.73 Å². The first-order valence-corrected chi connectivity index (χ1v) is 8.83. The average molecular weight is 385 g/mol. The van der Waals surface area contributed by atoms with Crippen LogP contribution in [0.2, 0.25) is 5.15 Å². The van der Waals surface area contributed by atoms with Gasteiger partial charge in [0.15, 0.2) is 0 Å². The summed E-state index contributed by atoms with van der Waals surface area (Å²) in [4.78, 5) is 13.0. The Labute approximate surface area is 162 Å². The third-order valence-electron chi connectivity index (χ3n) is 4.25. The molecule has 0 fully saturated rings. The van der Waals surface area contributed by atoms with Gasteiger partial charge in [-0.15, -0.1) is 0 Å². The van der Waals surface area contributed by atoms with E-state index in [-0.39, 0.29) is 11.1 Å². The van der Waals surface area contributed by atoms with Gasteiger partial charge in [-0.2, -0.15) is 4.98 Å². The number of fused-ring (bicyclic) bond motifs is 1. The summed E-state index contributed by atoms with van der Waals surface area (Å²) in [5.74, 6) is 7.07. The maximum Gasteiger partial charge on any atom is 0.223 e. The van der Waals surface area contributed by atoms with E-state index in [0.717, 1.165) is 28.1 Å². The topological polar surface area (TPSA) is 105 Å². The van der Waals surface area contributed by atoms with Crippen molar-refractivity contribution in [3.05, 3.63) is 39.9 Å². The monoisotopic (exact) mass is 384 g/mol. The van der Waals surface area contributed by atoms with Crippen molar-refractivity contribution in [3.8, 4) is 17.6 Å². The molecule has 0 aliphatic carbocycles. The normalized spacial score (nSPS) is 10.7.